The standard InChI is InChI=1S/C34H55P.ClH/c1-4-5-6-7-8-9-10-11-12-13-14-15-16-17-24-29-34(35(2)3,30-32-25-20-18-21-26-32)31-33-27-22-19-23-28-33;/h18-23,25-28H,4-17,24,29-31H2,1-3H3;1H. The molecule has 0 saturated heterocycles. The Kier molecular flexibility index (Phi) is 19.5. The highest BCUT2D eigenvalue weighted by molar-refractivity contribution is 7.57. The molecule has 0 unspecified atom stereocenters. The molecule has 0 amide bonds. The number of hydrogen-bond acceptors (Lipinski definition) is 0. The minimum atomic E-state index is -0.0382. The molecule has 0 nitrogen and oxygen atoms in total. The van der Waals surface area contributed by atoms with Crippen molar-refractivity contribution in [3.63, 3.8) is 0 Å². The third-order valence-corrected chi connectivity index (χ3v) is 10.4. The Morgan fingerprint density at radius 2 is 0.833 bits per heavy atom. The second kappa shape index (κ2) is 21.1. The predicted molar refractivity (Wildman–Crippen MR) is 169 cm³/mol. The number of halogens is 1. The lowest BCUT2D eigenvalue weighted by Crippen LogP contribution is -2.32. The molecule has 2 rings (SSSR count). The minimum absolute atomic E-state index is 0. The Labute approximate surface area is 232 Å². The van der Waals surface area contributed by atoms with Gasteiger partial charge >= 0.3 is 0 Å². The van der Waals surface area contributed by atoms with Gasteiger partial charge in [-0.3, -0.25) is 0 Å². The summed E-state index contributed by atoms with van der Waals surface area (Å²) >= 11 is 0. The van der Waals surface area contributed by atoms with Crippen molar-refractivity contribution >= 4 is 20.3 Å². The Morgan fingerprint density at radius 3 is 1.17 bits per heavy atom. The summed E-state index contributed by atoms with van der Waals surface area (Å²) < 4.78 is 0. The molecule has 2 heteroatoms. The molecular formula is C34H56ClP. The molecule has 0 N–H and O–H groups in total. The van der Waals surface area contributed by atoms with Crippen LogP contribution in [0.1, 0.15) is 121 Å². The molecular weight excluding hydrogens is 475 g/mol. The quantitative estimate of drug-likeness (QED) is 0.111. The van der Waals surface area contributed by atoms with Crippen LogP contribution >= 0.6 is 20.3 Å². The highest BCUT2D eigenvalue weighted by Crippen LogP contribution is 2.50. The van der Waals surface area contributed by atoms with Gasteiger partial charge in [0, 0.05) is 0 Å². The van der Waals surface area contributed by atoms with Gasteiger partial charge in [0.15, 0.2) is 0 Å². The maximum Gasteiger partial charge on any atom is -0.00187 e. The highest BCUT2D eigenvalue weighted by atomic mass is 35.5. The van der Waals surface area contributed by atoms with Crippen LogP contribution in [0.25, 0.3) is 0 Å². The van der Waals surface area contributed by atoms with Crippen molar-refractivity contribution in [1.82, 2.24) is 0 Å². The van der Waals surface area contributed by atoms with Crippen molar-refractivity contribution in [1.29, 1.82) is 0 Å². The molecule has 0 heterocycles. The van der Waals surface area contributed by atoms with Crippen LogP contribution in [0.5, 0.6) is 0 Å². The van der Waals surface area contributed by atoms with E-state index in [1.54, 1.807) is 0 Å². The lowest BCUT2D eigenvalue weighted by Gasteiger charge is -2.39. The number of hydrogen-bond donors (Lipinski definition) is 0. The lowest BCUT2D eigenvalue weighted by molar-refractivity contribution is 0.475. The molecule has 0 aliphatic heterocycles. The molecule has 204 valence electrons. The summed E-state index contributed by atoms with van der Waals surface area (Å²) in [6, 6.07) is 22.5. The van der Waals surface area contributed by atoms with Crippen molar-refractivity contribution in [2.75, 3.05) is 13.3 Å². The normalized spacial score (nSPS) is 11.6. The van der Waals surface area contributed by atoms with Crippen LogP contribution in [-0.4, -0.2) is 18.5 Å². The van der Waals surface area contributed by atoms with E-state index < -0.39 is 0 Å². The second-order valence-corrected chi connectivity index (χ2v) is 13.9. The van der Waals surface area contributed by atoms with Gasteiger partial charge < -0.3 is 0 Å². The van der Waals surface area contributed by atoms with Crippen LogP contribution in [0.4, 0.5) is 0 Å². The highest BCUT2D eigenvalue weighted by Gasteiger charge is 2.33. The Hall–Kier alpha value is -0.840. The zero-order valence-corrected chi connectivity index (χ0v) is 25.6. The Bertz CT molecular complexity index is 686. The molecule has 0 radical (unpaired) electrons. The number of rotatable bonds is 21. The van der Waals surface area contributed by atoms with E-state index >= 15 is 0 Å². The van der Waals surface area contributed by atoms with Crippen LogP contribution in [0.2, 0.25) is 0 Å². The summed E-state index contributed by atoms with van der Waals surface area (Å²) in [6.45, 7) is 7.34. The molecule has 0 atom stereocenters. The summed E-state index contributed by atoms with van der Waals surface area (Å²) in [7, 11) is -0.0382. The van der Waals surface area contributed by atoms with E-state index in [1.165, 1.54) is 127 Å². The van der Waals surface area contributed by atoms with Gasteiger partial charge in [0.1, 0.15) is 0 Å². The summed E-state index contributed by atoms with van der Waals surface area (Å²) in [4.78, 5) is 0. The Morgan fingerprint density at radius 1 is 0.500 bits per heavy atom. The summed E-state index contributed by atoms with van der Waals surface area (Å²) in [5, 5.41) is 0.411. The summed E-state index contributed by atoms with van der Waals surface area (Å²) in [5.41, 5.74) is 3.03. The van der Waals surface area contributed by atoms with E-state index in [2.05, 4.69) is 80.9 Å². The monoisotopic (exact) mass is 530 g/mol. The first-order valence-electron chi connectivity index (χ1n) is 14.9. The number of unbranched alkanes of at least 4 members (excludes halogenated alkanes) is 14. The van der Waals surface area contributed by atoms with E-state index in [-0.39, 0.29) is 20.3 Å². The SMILES string of the molecule is CCCCCCCCCCCCCCCCCC(Cc1ccccc1)(Cc1ccccc1)P(C)C.Cl. The average molecular weight is 531 g/mol. The van der Waals surface area contributed by atoms with Crippen molar-refractivity contribution < 1.29 is 0 Å². The summed E-state index contributed by atoms with van der Waals surface area (Å²) in [5.74, 6) is 0. The van der Waals surface area contributed by atoms with Crippen LogP contribution in [0, 0.1) is 0 Å². The van der Waals surface area contributed by atoms with Crippen molar-refractivity contribution in [3.8, 4) is 0 Å². The maximum atomic E-state index is 2.52. The smallest absolute Gasteiger partial charge is 0.00187 e. The second-order valence-electron chi connectivity index (χ2n) is 11.1. The van der Waals surface area contributed by atoms with Gasteiger partial charge in [0.2, 0.25) is 0 Å². The third kappa shape index (κ3) is 14.2. The maximum absolute atomic E-state index is 2.52. The van der Waals surface area contributed by atoms with Gasteiger partial charge in [-0.1, -0.05) is 164 Å². The molecule has 0 spiro atoms. The molecule has 0 aliphatic rings. The topological polar surface area (TPSA) is 0 Å². The fourth-order valence-corrected chi connectivity index (χ4v) is 7.16. The van der Waals surface area contributed by atoms with Gasteiger partial charge in [0.25, 0.3) is 0 Å². The fourth-order valence-electron chi connectivity index (χ4n) is 5.56. The molecule has 0 bridgehead atoms. The van der Waals surface area contributed by atoms with Crippen molar-refractivity contribution in [2.45, 2.75) is 128 Å². The molecule has 2 aromatic carbocycles. The first-order chi connectivity index (χ1) is 17.2. The lowest BCUT2D eigenvalue weighted by atomic mass is 9.87. The van der Waals surface area contributed by atoms with E-state index in [1.807, 2.05) is 0 Å². The molecule has 0 aliphatic carbocycles. The third-order valence-electron chi connectivity index (χ3n) is 7.95. The molecule has 36 heavy (non-hydrogen) atoms. The molecule has 0 saturated carbocycles. The predicted octanol–water partition coefficient (Wildman–Crippen LogP) is 11.6. The van der Waals surface area contributed by atoms with E-state index in [0.717, 1.165) is 0 Å². The van der Waals surface area contributed by atoms with Crippen LogP contribution < -0.4 is 0 Å². The molecule has 0 fully saturated rings. The first kappa shape index (κ1) is 33.2. The minimum Gasteiger partial charge on any atom is -0.147 e. The zero-order valence-electron chi connectivity index (χ0n) is 23.9. The van der Waals surface area contributed by atoms with Crippen molar-refractivity contribution in [2.24, 2.45) is 0 Å². The Balaban J connectivity index is 0.00000648. The van der Waals surface area contributed by atoms with Crippen LogP contribution in [0.15, 0.2) is 60.7 Å². The van der Waals surface area contributed by atoms with E-state index in [0.29, 0.717) is 5.16 Å². The first-order valence-corrected chi connectivity index (χ1v) is 17.2. The van der Waals surface area contributed by atoms with Gasteiger partial charge in [-0.15, -0.1) is 20.3 Å². The van der Waals surface area contributed by atoms with Gasteiger partial charge in [-0.2, -0.15) is 0 Å². The largest absolute Gasteiger partial charge is 0.147 e. The van der Waals surface area contributed by atoms with E-state index in [9.17, 15) is 0 Å². The van der Waals surface area contributed by atoms with Gasteiger partial charge in [0.05, 0.1) is 0 Å². The number of benzene rings is 2. The average Bonchev–Trinajstić information content (AvgIpc) is 2.87. The van der Waals surface area contributed by atoms with Gasteiger partial charge in [-0.05, 0) is 48.9 Å². The van der Waals surface area contributed by atoms with Crippen LogP contribution in [0.3, 0.4) is 0 Å². The molecule has 2 aromatic rings. The summed E-state index contributed by atoms with van der Waals surface area (Å²) in [6.07, 6.45) is 25.4. The van der Waals surface area contributed by atoms with Gasteiger partial charge in [-0.25, -0.2) is 0 Å². The van der Waals surface area contributed by atoms with Crippen LogP contribution in [-0.2, 0) is 12.8 Å². The van der Waals surface area contributed by atoms with Crippen molar-refractivity contribution in [3.05, 3.63) is 71.8 Å². The molecule has 0 aromatic heterocycles. The fraction of sp³-hybridized carbons (Fsp3) is 0.647. The van der Waals surface area contributed by atoms with E-state index in [4.69, 9.17) is 0 Å². The zero-order chi connectivity index (χ0) is 25.0.